The minimum Gasteiger partial charge on any atom is -0.480 e. The van der Waals surface area contributed by atoms with Gasteiger partial charge in [0.05, 0.1) is 0 Å². The molecule has 1 aliphatic rings. The van der Waals surface area contributed by atoms with Crippen LogP contribution in [0.15, 0.2) is 17.5 Å². The zero-order valence-electron chi connectivity index (χ0n) is 8.18. The molecule has 5 heteroatoms. The van der Waals surface area contributed by atoms with Crippen molar-refractivity contribution in [2.45, 2.75) is 18.9 Å². The Labute approximate surface area is 98.9 Å². The largest absolute Gasteiger partial charge is 0.480 e. The molecular weight excluding hydrogens is 234 g/mol. The highest BCUT2D eigenvalue weighted by atomic mass is 35.5. The van der Waals surface area contributed by atoms with Crippen molar-refractivity contribution in [3.63, 3.8) is 0 Å². The molecule has 2 N–H and O–H groups in total. The molecule has 0 aliphatic carbocycles. The van der Waals surface area contributed by atoms with Crippen molar-refractivity contribution in [3.8, 4) is 0 Å². The highest BCUT2D eigenvalue weighted by Gasteiger charge is 2.28. The molecule has 0 radical (unpaired) electrons. The molecule has 1 aromatic heterocycles. The average molecular weight is 248 g/mol. The molecule has 1 saturated heterocycles. The van der Waals surface area contributed by atoms with Gasteiger partial charge in [-0.15, -0.1) is 23.7 Å². The molecule has 3 nitrogen and oxygen atoms in total. The third-order valence-corrected chi connectivity index (χ3v) is 3.49. The van der Waals surface area contributed by atoms with Gasteiger partial charge in [0.15, 0.2) is 0 Å². The van der Waals surface area contributed by atoms with E-state index in [4.69, 9.17) is 5.11 Å². The Morgan fingerprint density at radius 1 is 1.67 bits per heavy atom. The van der Waals surface area contributed by atoms with Crippen molar-refractivity contribution in [3.05, 3.63) is 22.4 Å². The van der Waals surface area contributed by atoms with Crippen LogP contribution in [0.25, 0.3) is 0 Å². The SMILES string of the molecule is Cl.O=C(O)[C@@H]1C[C@@H](Cc2cccs2)CN1. The van der Waals surface area contributed by atoms with Gasteiger partial charge in [-0.2, -0.15) is 0 Å². The lowest BCUT2D eigenvalue weighted by atomic mass is 10.0. The maximum absolute atomic E-state index is 10.7. The Hall–Kier alpha value is -0.580. The van der Waals surface area contributed by atoms with Crippen LogP contribution < -0.4 is 5.32 Å². The van der Waals surface area contributed by atoms with Gasteiger partial charge in [-0.25, -0.2) is 0 Å². The number of hydrogen-bond acceptors (Lipinski definition) is 3. The summed E-state index contributed by atoms with van der Waals surface area (Å²) in [5, 5.41) is 13.9. The van der Waals surface area contributed by atoms with Crippen LogP contribution in [-0.2, 0) is 11.2 Å². The van der Waals surface area contributed by atoms with Crippen molar-refractivity contribution >= 4 is 29.7 Å². The van der Waals surface area contributed by atoms with E-state index in [-0.39, 0.29) is 18.4 Å². The summed E-state index contributed by atoms with van der Waals surface area (Å²) in [6.07, 6.45) is 1.77. The lowest BCUT2D eigenvalue weighted by Crippen LogP contribution is -2.29. The Balaban J connectivity index is 0.00000112. The van der Waals surface area contributed by atoms with Gasteiger partial charge in [-0.3, -0.25) is 4.79 Å². The van der Waals surface area contributed by atoms with E-state index in [1.165, 1.54) is 4.88 Å². The van der Waals surface area contributed by atoms with Gasteiger partial charge in [0.2, 0.25) is 0 Å². The van der Waals surface area contributed by atoms with E-state index in [2.05, 4.69) is 16.8 Å². The van der Waals surface area contributed by atoms with Crippen LogP contribution in [0.1, 0.15) is 11.3 Å². The molecule has 0 saturated carbocycles. The molecule has 0 spiro atoms. The quantitative estimate of drug-likeness (QED) is 0.856. The van der Waals surface area contributed by atoms with Crippen molar-refractivity contribution in [2.75, 3.05) is 6.54 Å². The molecule has 0 unspecified atom stereocenters. The monoisotopic (exact) mass is 247 g/mol. The van der Waals surface area contributed by atoms with E-state index in [1.54, 1.807) is 11.3 Å². The lowest BCUT2D eigenvalue weighted by molar-refractivity contribution is -0.139. The zero-order chi connectivity index (χ0) is 9.97. The van der Waals surface area contributed by atoms with Gasteiger partial charge in [-0.05, 0) is 36.8 Å². The van der Waals surface area contributed by atoms with Gasteiger partial charge in [-0.1, -0.05) is 6.07 Å². The van der Waals surface area contributed by atoms with Crippen LogP contribution in [-0.4, -0.2) is 23.7 Å². The molecule has 2 rings (SSSR count). The van der Waals surface area contributed by atoms with E-state index in [0.29, 0.717) is 5.92 Å². The molecule has 84 valence electrons. The minimum atomic E-state index is -0.723. The van der Waals surface area contributed by atoms with Gasteiger partial charge >= 0.3 is 5.97 Å². The normalized spacial score (nSPS) is 24.8. The topological polar surface area (TPSA) is 49.3 Å². The zero-order valence-corrected chi connectivity index (χ0v) is 9.81. The molecule has 0 aromatic carbocycles. The van der Waals surface area contributed by atoms with Crippen LogP contribution in [0.3, 0.4) is 0 Å². The second-order valence-electron chi connectivity index (χ2n) is 3.68. The highest BCUT2D eigenvalue weighted by molar-refractivity contribution is 7.09. The predicted molar refractivity (Wildman–Crippen MR) is 62.8 cm³/mol. The number of hydrogen-bond donors (Lipinski definition) is 2. The average Bonchev–Trinajstić information content (AvgIpc) is 2.75. The van der Waals surface area contributed by atoms with E-state index < -0.39 is 5.97 Å². The fourth-order valence-corrected chi connectivity index (χ4v) is 2.69. The third-order valence-electron chi connectivity index (χ3n) is 2.59. The summed E-state index contributed by atoms with van der Waals surface area (Å²) in [5.41, 5.74) is 0. The fourth-order valence-electron chi connectivity index (χ4n) is 1.87. The first-order valence-electron chi connectivity index (χ1n) is 4.74. The van der Waals surface area contributed by atoms with Crippen LogP contribution in [0.5, 0.6) is 0 Å². The summed E-state index contributed by atoms with van der Waals surface area (Å²) < 4.78 is 0. The molecule has 1 aromatic rings. The highest BCUT2D eigenvalue weighted by Crippen LogP contribution is 2.21. The first-order valence-corrected chi connectivity index (χ1v) is 5.62. The number of aliphatic carboxylic acids is 1. The Morgan fingerprint density at radius 3 is 3.00 bits per heavy atom. The maximum atomic E-state index is 10.7. The number of carbonyl (C=O) groups is 1. The Bertz CT molecular complexity index is 315. The van der Waals surface area contributed by atoms with E-state index >= 15 is 0 Å². The molecule has 0 bridgehead atoms. The van der Waals surface area contributed by atoms with Gasteiger partial charge in [0.25, 0.3) is 0 Å². The van der Waals surface area contributed by atoms with Crippen LogP contribution in [0, 0.1) is 5.92 Å². The number of nitrogens with one attached hydrogen (secondary N) is 1. The summed E-state index contributed by atoms with van der Waals surface area (Å²) in [4.78, 5) is 12.0. The van der Waals surface area contributed by atoms with Crippen LogP contribution in [0.4, 0.5) is 0 Å². The number of halogens is 1. The molecule has 2 atom stereocenters. The summed E-state index contributed by atoms with van der Waals surface area (Å²) >= 11 is 1.74. The molecule has 1 fully saturated rings. The van der Waals surface area contributed by atoms with Crippen LogP contribution >= 0.6 is 23.7 Å². The molecule has 2 heterocycles. The summed E-state index contributed by atoms with van der Waals surface area (Å²) in [5.74, 6) is -0.242. The first kappa shape index (κ1) is 12.5. The van der Waals surface area contributed by atoms with Crippen LogP contribution in [0.2, 0.25) is 0 Å². The first-order chi connectivity index (χ1) is 6.75. The lowest BCUT2D eigenvalue weighted by Gasteiger charge is -2.05. The van der Waals surface area contributed by atoms with Crippen molar-refractivity contribution in [2.24, 2.45) is 5.92 Å². The fraction of sp³-hybridized carbons (Fsp3) is 0.500. The van der Waals surface area contributed by atoms with Gasteiger partial charge < -0.3 is 10.4 Å². The predicted octanol–water partition coefficient (Wildman–Crippen LogP) is 1.78. The summed E-state index contributed by atoms with van der Waals surface area (Å²) in [6, 6.07) is 3.82. The molecule has 1 aliphatic heterocycles. The van der Waals surface area contributed by atoms with Gasteiger partial charge in [0.1, 0.15) is 6.04 Å². The minimum absolute atomic E-state index is 0. The Kier molecular flexibility index (Phi) is 4.57. The van der Waals surface area contributed by atoms with E-state index in [9.17, 15) is 4.79 Å². The summed E-state index contributed by atoms with van der Waals surface area (Å²) in [6.45, 7) is 0.828. The number of carboxylic acids is 1. The number of thiophene rings is 1. The van der Waals surface area contributed by atoms with Gasteiger partial charge in [0, 0.05) is 4.88 Å². The molecule has 0 amide bonds. The summed E-state index contributed by atoms with van der Waals surface area (Å²) in [7, 11) is 0. The number of carboxylic acid groups (broad SMARTS) is 1. The molecular formula is C10H14ClNO2S. The third kappa shape index (κ3) is 3.19. The molecule has 15 heavy (non-hydrogen) atoms. The van der Waals surface area contributed by atoms with E-state index in [0.717, 1.165) is 19.4 Å². The van der Waals surface area contributed by atoms with Crippen molar-refractivity contribution < 1.29 is 9.90 Å². The second kappa shape index (κ2) is 5.49. The maximum Gasteiger partial charge on any atom is 0.320 e. The van der Waals surface area contributed by atoms with E-state index in [1.807, 2.05) is 6.07 Å². The smallest absolute Gasteiger partial charge is 0.320 e. The Morgan fingerprint density at radius 2 is 2.47 bits per heavy atom. The number of rotatable bonds is 3. The standard InChI is InChI=1S/C10H13NO2S.ClH/c12-10(13)9-5-7(6-11-9)4-8-2-1-3-14-8;/h1-3,7,9,11H,4-6H2,(H,12,13);1H/t7-,9+;/m1./s1. The van der Waals surface area contributed by atoms with Crippen molar-refractivity contribution in [1.82, 2.24) is 5.32 Å². The second-order valence-corrected chi connectivity index (χ2v) is 4.72. The van der Waals surface area contributed by atoms with Crippen molar-refractivity contribution in [1.29, 1.82) is 0 Å².